The minimum atomic E-state index is 1.10. The van der Waals surface area contributed by atoms with Crippen LogP contribution in [-0.4, -0.2) is 4.43 Å². The highest BCUT2D eigenvalue weighted by atomic mass is 127. The first kappa shape index (κ1) is 12.2. The van der Waals surface area contributed by atoms with E-state index < -0.39 is 0 Å². The number of benzene rings is 1. The summed E-state index contributed by atoms with van der Waals surface area (Å²) < 4.78 is 2.26. The molecule has 0 aliphatic heterocycles. The predicted molar refractivity (Wildman–Crippen MR) is 81.1 cm³/mol. The average molecular weight is 410 g/mol. The molecule has 0 unspecified atom stereocenters. The molecule has 1 aromatic carbocycles. The predicted octanol–water partition coefficient (Wildman–Crippen LogP) is 4.84. The third kappa shape index (κ3) is 3.73. The summed E-state index contributed by atoms with van der Waals surface area (Å²) in [5.74, 6) is 0. The normalized spacial score (nSPS) is 11.4. The molecule has 0 fully saturated rings. The monoisotopic (exact) mass is 410 g/mol. The van der Waals surface area contributed by atoms with Gasteiger partial charge in [0.05, 0.1) is 0 Å². The molecule has 1 aromatic rings. The number of alkyl halides is 1. The van der Waals surface area contributed by atoms with Crippen LogP contribution in [0.4, 0.5) is 0 Å². The Hall–Kier alpha value is 0.160. The van der Waals surface area contributed by atoms with Crippen LogP contribution in [0.1, 0.15) is 12.0 Å². The van der Waals surface area contributed by atoms with Gasteiger partial charge in [-0.05, 0) is 40.1 Å². The van der Waals surface area contributed by atoms with Crippen molar-refractivity contribution in [3.8, 4) is 0 Å². The topological polar surface area (TPSA) is 0 Å². The molecule has 0 N–H and O–H groups in total. The van der Waals surface area contributed by atoms with Gasteiger partial charge in [-0.25, -0.2) is 0 Å². The molecule has 0 bridgehead atoms. The number of allylic oxidation sites excluding steroid dienone is 3. The largest absolute Gasteiger partial charge is 0.0860 e. The summed E-state index contributed by atoms with van der Waals surface area (Å²) in [4.78, 5) is 0. The van der Waals surface area contributed by atoms with Gasteiger partial charge in [0.15, 0.2) is 0 Å². The standard InChI is InChI=1S/C12H12I2/c1-10(14)12(8-5-9-13)11-6-3-2-4-7-11/h2-4,6-8H,1,5,9H2/b12-8+. The first-order valence-electron chi connectivity index (χ1n) is 4.42. The fourth-order valence-electron chi connectivity index (χ4n) is 1.20. The van der Waals surface area contributed by atoms with Crippen LogP contribution in [0.2, 0.25) is 0 Å². The Labute approximate surface area is 113 Å². The lowest BCUT2D eigenvalue weighted by atomic mass is 10.1. The molecule has 0 nitrogen and oxygen atoms in total. The van der Waals surface area contributed by atoms with E-state index in [2.05, 4.69) is 82.1 Å². The van der Waals surface area contributed by atoms with Crippen LogP contribution < -0.4 is 0 Å². The van der Waals surface area contributed by atoms with Gasteiger partial charge in [0.25, 0.3) is 0 Å². The molecule has 74 valence electrons. The Morgan fingerprint density at radius 2 is 1.93 bits per heavy atom. The third-order valence-corrected chi connectivity index (χ3v) is 3.04. The summed E-state index contributed by atoms with van der Waals surface area (Å²) in [5, 5.41) is 0. The molecule has 0 atom stereocenters. The Bertz CT molecular complexity index is 325. The van der Waals surface area contributed by atoms with Crippen LogP contribution in [0.5, 0.6) is 0 Å². The molecule has 2 heteroatoms. The Kier molecular flexibility index (Phi) is 5.77. The Morgan fingerprint density at radius 1 is 1.29 bits per heavy atom. The highest BCUT2D eigenvalue weighted by Gasteiger charge is 2.01. The quantitative estimate of drug-likeness (QED) is 0.379. The molecule has 0 radical (unpaired) electrons. The van der Waals surface area contributed by atoms with E-state index in [0.717, 1.165) is 14.4 Å². The fraction of sp³-hybridized carbons (Fsp3) is 0.167. The molecule has 0 aromatic heterocycles. The van der Waals surface area contributed by atoms with E-state index in [9.17, 15) is 0 Å². The second-order valence-corrected chi connectivity index (χ2v) is 5.25. The molecular formula is C12H12I2. The lowest BCUT2D eigenvalue weighted by Crippen LogP contribution is -1.83. The van der Waals surface area contributed by atoms with Gasteiger partial charge in [-0.15, -0.1) is 0 Å². The van der Waals surface area contributed by atoms with Crippen molar-refractivity contribution in [2.45, 2.75) is 6.42 Å². The van der Waals surface area contributed by atoms with E-state index in [1.165, 1.54) is 11.1 Å². The SMILES string of the molecule is C=C(I)/C(=C\CCI)c1ccccc1. The molecule has 0 saturated carbocycles. The molecule has 0 aliphatic carbocycles. The van der Waals surface area contributed by atoms with Crippen molar-refractivity contribution in [2.24, 2.45) is 0 Å². The summed E-state index contributed by atoms with van der Waals surface area (Å²) in [7, 11) is 0. The summed E-state index contributed by atoms with van der Waals surface area (Å²) in [6.45, 7) is 4.00. The second kappa shape index (κ2) is 6.61. The maximum Gasteiger partial charge on any atom is 0.0133 e. The number of hydrogen-bond acceptors (Lipinski definition) is 0. The van der Waals surface area contributed by atoms with Crippen LogP contribution in [0.15, 0.2) is 46.6 Å². The molecule has 0 heterocycles. The van der Waals surface area contributed by atoms with Crippen LogP contribution in [0.25, 0.3) is 5.57 Å². The smallest absolute Gasteiger partial charge is 0.0133 e. The van der Waals surface area contributed by atoms with Gasteiger partial charge in [-0.2, -0.15) is 0 Å². The number of rotatable bonds is 4. The zero-order chi connectivity index (χ0) is 10.4. The summed E-state index contributed by atoms with van der Waals surface area (Å²) in [6, 6.07) is 10.4. The van der Waals surface area contributed by atoms with Crippen molar-refractivity contribution >= 4 is 50.8 Å². The Balaban J connectivity index is 2.95. The van der Waals surface area contributed by atoms with Crippen molar-refractivity contribution < 1.29 is 0 Å². The molecule has 14 heavy (non-hydrogen) atoms. The zero-order valence-corrected chi connectivity index (χ0v) is 12.2. The van der Waals surface area contributed by atoms with Gasteiger partial charge in [0.2, 0.25) is 0 Å². The van der Waals surface area contributed by atoms with Crippen LogP contribution in [0, 0.1) is 0 Å². The number of hydrogen-bond donors (Lipinski definition) is 0. The second-order valence-electron chi connectivity index (χ2n) is 2.87. The molecule has 0 aliphatic rings. The van der Waals surface area contributed by atoms with Crippen molar-refractivity contribution in [3.05, 3.63) is 52.1 Å². The number of halogens is 2. The van der Waals surface area contributed by atoms with Crippen LogP contribution >= 0.6 is 45.2 Å². The van der Waals surface area contributed by atoms with Crippen molar-refractivity contribution in [1.82, 2.24) is 0 Å². The highest BCUT2D eigenvalue weighted by molar-refractivity contribution is 14.1. The first-order chi connectivity index (χ1) is 6.75. The summed E-state index contributed by atoms with van der Waals surface area (Å²) in [5.41, 5.74) is 2.53. The molecule has 0 amide bonds. The molecule has 0 spiro atoms. The van der Waals surface area contributed by atoms with Crippen LogP contribution in [-0.2, 0) is 0 Å². The van der Waals surface area contributed by atoms with Crippen molar-refractivity contribution in [3.63, 3.8) is 0 Å². The Morgan fingerprint density at radius 3 is 2.43 bits per heavy atom. The van der Waals surface area contributed by atoms with E-state index in [0.29, 0.717) is 0 Å². The van der Waals surface area contributed by atoms with E-state index in [1.54, 1.807) is 0 Å². The maximum atomic E-state index is 4.00. The first-order valence-corrected chi connectivity index (χ1v) is 7.02. The molecule has 1 rings (SSSR count). The summed E-state index contributed by atoms with van der Waals surface area (Å²) >= 11 is 4.67. The van der Waals surface area contributed by atoms with Crippen LogP contribution in [0.3, 0.4) is 0 Å². The minimum absolute atomic E-state index is 1.10. The van der Waals surface area contributed by atoms with E-state index in [-0.39, 0.29) is 0 Å². The van der Waals surface area contributed by atoms with Crippen molar-refractivity contribution in [1.29, 1.82) is 0 Å². The zero-order valence-electron chi connectivity index (χ0n) is 7.84. The van der Waals surface area contributed by atoms with E-state index in [4.69, 9.17) is 0 Å². The van der Waals surface area contributed by atoms with Gasteiger partial charge in [0.1, 0.15) is 0 Å². The lowest BCUT2D eigenvalue weighted by molar-refractivity contribution is 1.28. The molecule has 0 saturated heterocycles. The highest BCUT2D eigenvalue weighted by Crippen LogP contribution is 2.26. The van der Waals surface area contributed by atoms with Gasteiger partial charge >= 0.3 is 0 Å². The van der Waals surface area contributed by atoms with Gasteiger partial charge in [0, 0.05) is 8.01 Å². The van der Waals surface area contributed by atoms with E-state index in [1.807, 2.05) is 6.07 Å². The van der Waals surface area contributed by atoms with Crippen molar-refractivity contribution in [2.75, 3.05) is 4.43 Å². The fourth-order valence-corrected chi connectivity index (χ4v) is 2.04. The maximum absolute atomic E-state index is 4.00. The van der Waals surface area contributed by atoms with Gasteiger partial charge < -0.3 is 0 Å². The average Bonchev–Trinajstić information content (AvgIpc) is 2.19. The van der Waals surface area contributed by atoms with E-state index >= 15 is 0 Å². The third-order valence-electron chi connectivity index (χ3n) is 1.83. The minimum Gasteiger partial charge on any atom is -0.0860 e. The van der Waals surface area contributed by atoms with Gasteiger partial charge in [-0.3, -0.25) is 0 Å². The lowest BCUT2D eigenvalue weighted by Gasteiger charge is -2.05. The molecular weight excluding hydrogens is 398 g/mol. The summed E-state index contributed by atoms with van der Waals surface area (Å²) in [6.07, 6.45) is 3.36. The van der Waals surface area contributed by atoms with Gasteiger partial charge in [-0.1, -0.05) is 65.6 Å².